The standard InChI is InChI=1S/C25H33N3O2/c1-20(2)28(23-7-4-3-5-8-23)24-9-6-14-27(19-24)25(29)21-10-12-22(13-11-21)26-15-17-30-18-16-26/h3-5,7-8,10-13,20,24H,6,9,14-19H2,1-2H3/t24-/m0/s1. The van der Waals surface area contributed by atoms with Crippen molar-refractivity contribution in [3.8, 4) is 0 Å². The van der Waals surface area contributed by atoms with Crippen LogP contribution in [0.4, 0.5) is 11.4 Å². The van der Waals surface area contributed by atoms with Crippen molar-refractivity contribution in [2.45, 2.75) is 38.8 Å². The average molecular weight is 408 g/mol. The zero-order valence-corrected chi connectivity index (χ0v) is 18.2. The first-order valence-corrected chi connectivity index (χ1v) is 11.2. The molecule has 2 aromatic carbocycles. The molecule has 2 aromatic rings. The Balaban J connectivity index is 1.45. The fourth-order valence-electron chi connectivity index (χ4n) is 4.72. The van der Waals surface area contributed by atoms with Crippen LogP contribution in [0.5, 0.6) is 0 Å². The van der Waals surface area contributed by atoms with Gasteiger partial charge in [0.1, 0.15) is 0 Å². The summed E-state index contributed by atoms with van der Waals surface area (Å²) in [5.74, 6) is 0.144. The van der Waals surface area contributed by atoms with Crippen molar-refractivity contribution in [3.63, 3.8) is 0 Å². The van der Waals surface area contributed by atoms with E-state index in [1.54, 1.807) is 0 Å². The Morgan fingerprint density at radius 1 is 1.00 bits per heavy atom. The van der Waals surface area contributed by atoms with Gasteiger partial charge in [0.15, 0.2) is 0 Å². The maximum atomic E-state index is 13.2. The number of morpholine rings is 1. The number of para-hydroxylation sites is 1. The maximum absolute atomic E-state index is 13.2. The molecule has 2 fully saturated rings. The third-order valence-corrected chi connectivity index (χ3v) is 6.18. The predicted molar refractivity (Wildman–Crippen MR) is 122 cm³/mol. The minimum absolute atomic E-state index is 0.144. The number of carbonyl (C=O) groups is 1. The van der Waals surface area contributed by atoms with Crippen LogP contribution in [0.2, 0.25) is 0 Å². The molecule has 2 aliphatic rings. The number of amides is 1. The first-order valence-electron chi connectivity index (χ1n) is 11.2. The quantitative estimate of drug-likeness (QED) is 0.749. The Morgan fingerprint density at radius 2 is 1.70 bits per heavy atom. The zero-order chi connectivity index (χ0) is 20.9. The summed E-state index contributed by atoms with van der Waals surface area (Å²) in [6.45, 7) is 9.43. The van der Waals surface area contributed by atoms with Crippen molar-refractivity contribution in [2.75, 3.05) is 49.2 Å². The van der Waals surface area contributed by atoms with Crippen molar-refractivity contribution in [1.82, 2.24) is 4.90 Å². The number of nitrogens with zero attached hydrogens (tertiary/aromatic N) is 3. The van der Waals surface area contributed by atoms with Crippen LogP contribution in [0.1, 0.15) is 37.0 Å². The highest BCUT2D eigenvalue weighted by atomic mass is 16.5. The summed E-state index contributed by atoms with van der Waals surface area (Å²) in [7, 11) is 0. The number of hydrogen-bond acceptors (Lipinski definition) is 4. The molecular formula is C25H33N3O2. The van der Waals surface area contributed by atoms with Crippen molar-refractivity contribution in [3.05, 3.63) is 60.2 Å². The second-order valence-corrected chi connectivity index (χ2v) is 8.53. The number of carbonyl (C=O) groups excluding carboxylic acids is 1. The molecule has 1 atom stereocenters. The Hall–Kier alpha value is -2.53. The zero-order valence-electron chi connectivity index (χ0n) is 18.2. The fraction of sp³-hybridized carbons (Fsp3) is 0.480. The van der Waals surface area contributed by atoms with Gasteiger partial charge in [-0.15, -0.1) is 0 Å². The normalized spacial score (nSPS) is 19.8. The topological polar surface area (TPSA) is 36.0 Å². The third kappa shape index (κ3) is 4.62. The molecule has 5 heteroatoms. The van der Waals surface area contributed by atoms with Crippen molar-refractivity contribution >= 4 is 17.3 Å². The lowest BCUT2D eigenvalue weighted by Crippen LogP contribution is -2.52. The number of ether oxygens (including phenoxy) is 1. The van der Waals surface area contributed by atoms with Gasteiger partial charge in [-0.25, -0.2) is 0 Å². The maximum Gasteiger partial charge on any atom is 0.253 e. The highest BCUT2D eigenvalue weighted by Crippen LogP contribution is 2.26. The molecule has 5 nitrogen and oxygen atoms in total. The molecule has 2 aliphatic heterocycles. The van der Waals surface area contributed by atoms with Crippen molar-refractivity contribution in [2.24, 2.45) is 0 Å². The van der Waals surface area contributed by atoms with Crippen LogP contribution in [0, 0.1) is 0 Å². The molecule has 4 rings (SSSR count). The number of benzene rings is 2. The predicted octanol–water partition coefficient (Wildman–Crippen LogP) is 4.04. The molecule has 0 aromatic heterocycles. The van der Waals surface area contributed by atoms with Gasteiger partial charge in [-0.3, -0.25) is 4.79 Å². The molecule has 0 saturated carbocycles. The molecule has 0 N–H and O–H groups in total. The van der Waals surface area contributed by atoms with Crippen LogP contribution in [0.25, 0.3) is 0 Å². The van der Waals surface area contributed by atoms with Crippen molar-refractivity contribution in [1.29, 1.82) is 0 Å². The van der Waals surface area contributed by atoms with Gasteiger partial charge in [-0.05, 0) is 63.1 Å². The van der Waals surface area contributed by atoms with Crippen LogP contribution in [-0.4, -0.2) is 62.3 Å². The summed E-state index contributed by atoms with van der Waals surface area (Å²) in [4.78, 5) is 20.1. The van der Waals surface area contributed by atoms with Gasteiger partial charge >= 0.3 is 0 Å². The molecule has 30 heavy (non-hydrogen) atoms. The van der Waals surface area contributed by atoms with Crippen molar-refractivity contribution < 1.29 is 9.53 Å². The van der Waals surface area contributed by atoms with Gasteiger partial charge in [0.05, 0.1) is 13.2 Å². The molecule has 0 unspecified atom stereocenters. The minimum atomic E-state index is 0.144. The van der Waals surface area contributed by atoms with E-state index in [4.69, 9.17) is 4.74 Å². The average Bonchev–Trinajstić information content (AvgIpc) is 2.80. The summed E-state index contributed by atoms with van der Waals surface area (Å²) in [6, 6.07) is 19.4. The number of piperidine rings is 1. The van der Waals surface area contributed by atoms with E-state index >= 15 is 0 Å². The van der Waals surface area contributed by atoms with Crippen LogP contribution in [0.15, 0.2) is 54.6 Å². The van der Waals surface area contributed by atoms with E-state index in [1.165, 1.54) is 11.4 Å². The highest BCUT2D eigenvalue weighted by molar-refractivity contribution is 5.94. The van der Waals surface area contributed by atoms with Gasteiger partial charge < -0.3 is 19.4 Å². The summed E-state index contributed by atoms with van der Waals surface area (Å²) in [5.41, 5.74) is 3.19. The second kappa shape index (κ2) is 9.52. The molecule has 0 aliphatic carbocycles. The summed E-state index contributed by atoms with van der Waals surface area (Å²) < 4.78 is 5.43. The summed E-state index contributed by atoms with van der Waals surface area (Å²) >= 11 is 0. The van der Waals surface area contributed by atoms with Gasteiger partial charge in [-0.2, -0.15) is 0 Å². The fourth-order valence-corrected chi connectivity index (χ4v) is 4.72. The smallest absolute Gasteiger partial charge is 0.253 e. The highest BCUT2D eigenvalue weighted by Gasteiger charge is 2.30. The molecule has 0 radical (unpaired) electrons. The largest absolute Gasteiger partial charge is 0.378 e. The molecule has 1 amide bonds. The van der Waals surface area contributed by atoms with E-state index in [9.17, 15) is 4.79 Å². The van der Waals surface area contributed by atoms with Crippen LogP contribution in [0.3, 0.4) is 0 Å². The van der Waals surface area contributed by atoms with E-state index < -0.39 is 0 Å². The SMILES string of the molecule is CC(C)N(c1ccccc1)[C@H]1CCCN(C(=O)c2ccc(N3CCOCC3)cc2)C1. The number of hydrogen-bond donors (Lipinski definition) is 0. The van der Waals surface area contributed by atoms with Gasteiger partial charge in [0, 0.05) is 55.2 Å². The van der Waals surface area contributed by atoms with Crippen LogP contribution in [-0.2, 0) is 4.74 Å². The molecular weight excluding hydrogens is 374 g/mol. The van der Waals surface area contributed by atoms with Crippen LogP contribution < -0.4 is 9.80 Å². The Labute approximate surface area is 180 Å². The lowest BCUT2D eigenvalue weighted by atomic mass is 10.0. The monoisotopic (exact) mass is 407 g/mol. The lowest BCUT2D eigenvalue weighted by molar-refractivity contribution is 0.0703. The van der Waals surface area contributed by atoms with E-state index in [1.807, 2.05) is 17.0 Å². The molecule has 2 saturated heterocycles. The molecule has 2 heterocycles. The number of likely N-dealkylation sites (tertiary alicyclic amines) is 1. The minimum Gasteiger partial charge on any atom is -0.378 e. The number of anilines is 2. The van der Waals surface area contributed by atoms with E-state index in [0.29, 0.717) is 12.1 Å². The van der Waals surface area contributed by atoms with Gasteiger partial charge in [-0.1, -0.05) is 18.2 Å². The Morgan fingerprint density at radius 3 is 2.37 bits per heavy atom. The second-order valence-electron chi connectivity index (χ2n) is 8.53. The molecule has 160 valence electrons. The van der Waals surface area contributed by atoms with Gasteiger partial charge in [0.2, 0.25) is 0 Å². The summed E-state index contributed by atoms with van der Waals surface area (Å²) in [5, 5.41) is 0. The Kier molecular flexibility index (Phi) is 6.58. The first-order chi connectivity index (χ1) is 14.6. The van der Waals surface area contributed by atoms with E-state index in [0.717, 1.165) is 57.8 Å². The lowest BCUT2D eigenvalue weighted by Gasteiger charge is -2.43. The van der Waals surface area contributed by atoms with E-state index in [2.05, 4.69) is 66.1 Å². The molecule has 0 spiro atoms. The van der Waals surface area contributed by atoms with Gasteiger partial charge in [0.25, 0.3) is 5.91 Å². The van der Waals surface area contributed by atoms with E-state index in [-0.39, 0.29) is 5.91 Å². The third-order valence-electron chi connectivity index (χ3n) is 6.18. The Bertz CT molecular complexity index is 816. The summed E-state index contributed by atoms with van der Waals surface area (Å²) in [6.07, 6.45) is 2.16. The number of rotatable bonds is 5. The van der Waals surface area contributed by atoms with Crippen LogP contribution >= 0.6 is 0 Å². The molecule has 0 bridgehead atoms. The first kappa shape index (κ1) is 20.7.